The Morgan fingerprint density at radius 1 is 1.12 bits per heavy atom. The Labute approximate surface area is 202 Å². The number of sulfonamides is 1. The van der Waals surface area contributed by atoms with Gasteiger partial charge >= 0.3 is 0 Å². The highest BCUT2D eigenvalue weighted by atomic mass is 32.2. The van der Waals surface area contributed by atoms with Gasteiger partial charge in [-0.05, 0) is 55.7 Å². The predicted octanol–water partition coefficient (Wildman–Crippen LogP) is 3.10. The number of nitrogens with one attached hydrogen (secondary N) is 1. The topological polar surface area (TPSA) is 96.0 Å². The molecule has 1 N–H and O–H groups in total. The van der Waals surface area contributed by atoms with E-state index in [9.17, 15) is 18.0 Å². The summed E-state index contributed by atoms with van der Waals surface area (Å²) in [5.74, 6) is -0.0765. The van der Waals surface area contributed by atoms with E-state index < -0.39 is 28.5 Å². The Bertz CT molecular complexity index is 1070. The second kappa shape index (κ2) is 12.4. The van der Waals surface area contributed by atoms with Crippen molar-refractivity contribution in [2.75, 3.05) is 30.8 Å². The molecule has 0 saturated carbocycles. The van der Waals surface area contributed by atoms with Crippen molar-refractivity contribution >= 4 is 27.5 Å². The van der Waals surface area contributed by atoms with Gasteiger partial charge in [-0.2, -0.15) is 0 Å². The molecule has 0 aliphatic rings. The summed E-state index contributed by atoms with van der Waals surface area (Å²) in [5.41, 5.74) is 2.07. The maximum absolute atomic E-state index is 13.5. The molecule has 0 radical (unpaired) electrons. The summed E-state index contributed by atoms with van der Waals surface area (Å²) >= 11 is 0. The van der Waals surface area contributed by atoms with E-state index in [-0.39, 0.29) is 12.5 Å². The zero-order valence-electron chi connectivity index (χ0n) is 20.6. The van der Waals surface area contributed by atoms with Crippen molar-refractivity contribution in [1.82, 2.24) is 10.2 Å². The molecule has 2 aromatic carbocycles. The van der Waals surface area contributed by atoms with Gasteiger partial charge < -0.3 is 15.0 Å². The lowest BCUT2D eigenvalue weighted by Gasteiger charge is -2.31. The molecule has 0 saturated heterocycles. The molecule has 0 aliphatic carbocycles. The van der Waals surface area contributed by atoms with Gasteiger partial charge in [-0.15, -0.1) is 0 Å². The van der Waals surface area contributed by atoms with Gasteiger partial charge in [0.1, 0.15) is 18.3 Å². The number of anilines is 1. The zero-order chi connectivity index (χ0) is 25.3. The molecular weight excluding hydrogens is 454 g/mol. The van der Waals surface area contributed by atoms with Gasteiger partial charge in [-0.1, -0.05) is 37.6 Å². The third-order valence-electron chi connectivity index (χ3n) is 5.48. The van der Waals surface area contributed by atoms with Crippen LogP contribution in [0.25, 0.3) is 0 Å². The highest BCUT2D eigenvalue weighted by Gasteiger charge is 2.30. The van der Waals surface area contributed by atoms with E-state index in [1.54, 1.807) is 44.4 Å². The van der Waals surface area contributed by atoms with Crippen LogP contribution in [0.4, 0.5) is 5.69 Å². The monoisotopic (exact) mass is 489 g/mol. The molecule has 1 unspecified atom stereocenters. The normalized spacial score (nSPS) is 12.0. The van der Waals surface area contributed by atoms with Crippen molar-refractivity contribution in [3.63, 3.8) is 0 Å². The van der Waals surface area contributed by atoms with Crippen molar-refractivity contribution in [2.45, 2.75) is 46.2 Å². The summed E-state index contributed by atoms with van der Waals surface area (Å²) in [6, 6.07) is 13.4. The Hall–Kier alpha value is -3.07. The van der Waals surface area contributed by atoms with Gasteiger partial charge in [0, 0.05) is 13.1 Å². The molecule has 0 spiro atoms. The van der Waals surface area contributed by atoms with Crippen LogP contribution in [0.1, 0.15) is 37.8 Å². The average molecular weight is 490 g/mol. The fourth-order valence-corrected chi connectivity index (χ4v) is 4.28. The lowest BCUT2D eigenvalue weighted by molar-refractivity contribution is -0.139. The summed E-state index contributed by atoms with van der Waals surface area (Å²) in [5, 5.41) is 2.86. The van der Waals surface area contributed by atoms with Crippen LogP contribution in [-0.4, -0.2) is 57.6 Å². The van der Waals surface area contributed by atoms with Crippen LogP contribution in [0.2, 0.25) is 0 Å². The van der Waals surface area contributed by atoms with Crippen LogP contribution in [0.3, 0.4) is 0 Å². The fraction of sp³-hybridized carbons (Fsp3) is 0.440. The largest absolute Gasteiger partial charge is 0.497 e. The minimum Gasteiger partial charge on any atom is -0.497 e. The van der Waals surface area contributed by atoms with Crippen LogP contribution in [0, 0.1) is 6.92 Å². The van der Waals surface area contributed by atoms with E-state index in [0.717, 1.165) is 34.5 Å². The highest BCUT2D eigenvalue weighted by Crippen LogP contribution is 2.21. The zero-order valence-corrected chi connectivity index (χ0v) is 21.4. The molecule has 0 bridgehead atoms. The number of hydrogen-bond donors (Lipinski definition) is 1. The molecule has 9 heteroatoms. The van der Waals surface area contributed by atoms with Crippen molar-refractivity contribution < 1.29 is 22.7 Å². The quantitative estimate of drug-likeness (QED) is 0.462. The molecule has 0 aromatic heterocycles. The van der Waals surface area contributed by atoms with Gasteiger partial charge in [-0.25, -0.2) is 8.42 Å². The number of hydrogen-bond acceptors (Lipinski definition) is 5. The number of benzene rings is 2. The Morgan fingerprint density at radius 2 is 1.79 bits per heavy atom. The molecule has 0 heterocycles. The standard InChI is InChI=1S/C25H35N3O5S/c1-6-7-15-26-25(30)20(3)27(17-21-11-13-23(33-4)14-12-21)24(29)18-28(34(5,31)32)22-10-8-9-19(2)16-22/h8-14,16,20H,6-7,15,17-18H2,1-5H3,(H,26,30). The van der Waals surface area contributed by atoms with Crippen LogP contribution in [0.5, 0.6) is 5.75 Å². The van der Waals surface area contributed by atoms with E-state index in [1.807, 2.05) is 32.0 Å². The lowest BCUT2D eigenvalue weighted by atomic mass is 10.1. The van der Waals surface area contributed by atoms with Crippen molar-refractivity contribution in [3.05, 3.63) is 59.7 Å². The van der Waals surface area contributed by atoms with E-state index in [1.165, 1.54) is 4.90 Å². The fourth-order valence-electron chi connectivity index (χ4n) is 3.44. The third-order valence-corrected chi connectivity index (χ3v) is 6.62. The number of rotatable bonds is 12. The second-order valence-electron chi connectivity index (χ2n) is 8.30. The van der Waals surface area contributed by atoms with Crippen molar-refractivity contribution in [1.29, 1.82) is 0 Å². The van der Waals surface area contributed by atoms with E-state index in [2.05, 4.69) is 5.32 Å². The molecule has 186 valence electrons. The number of unbranched alkanes of at least 4 members (excludes halogenated alkanes) is 1. The van der Waals surface area contributed by atoms with Crippen molar-refractivity contribution in [3.8, 4) is 5.75 Å². The summed E-state index contributed by atoms with van der Waals surface area (Å²) in [6.45, 7) is 5.79. The smallest absolute Gasteiger partial charge is 0.244 e. The molecule has 2 amide bonds. The number of ether oxygens (including phenoxy) is 1. The predicted molar refractivity (Wildman–Crippen MR) is 134 cm³/mol. The average Bonchev–Trinajstić information content (AvgIpc) is 2.80. The molecule has 8 nitrogen and oxygen atoms in total. The molecular formula is C25H35N3O5S. The summed E-state index contributed by atoms with van der Waals surface area (Å²) < 4.78 is 31.4. The van der Waals surface area contributed by atoms with E-state index in [4.69, 9.17) is 4.74 Å². The summed E-state index contributed by atoms with van der Waals surface area (Å²) in [6.07, 6.45) is 2.83. The van der Waals surface area contributed by atoms with Crippen LogP contribution >= 0.6 is 0 Å². The third kappa shape index (κ3) is 7.76. The summed E-state index contributed by atoms with van der Waals surface area (Å²) in [7, 11) is -2.17. The minimum absolute atomic E-state index is 0.149. The van der Waals surface area contributed by atoms with Crippen LogP contribution in [-0.2, 0) is 26.2 Å². The maximum Gasteiger partial charge on any atom is 0.244 e. The number of amides is 2. The van der Waals surface area contributed by atoms with Gasteiger partial charge in [0.25, 0.3) is 0 Å². The van der Waals surface area contributed by atoms with Crippen LogP contribution in [0.15, 0.2) is 48.5 Å². The Balaban J connectivity index is 2.34. The number of carbonyl (C=O) groups excluding carboxylic acids is 2. The number of nitrogens with zero attached hydrogens (tertiary/aromatic N) is 2. The number of methoxy groups -OCH3 is 1. The number of aryl methyl sites for hydroxylation is 1. The first-order valence-corrected chi connectivity index (χ1v) is 13.2. The Morgan fingerprint density at radius 3 is 2.35 bits per heavy atom. The minimum atomic E-state index is -3.74. The second-order valence-corrected chi connectivity index (χ2v) is 10.2. The lowest BCUT2D eigenvalue weighted by Crippen LogP contribution is -2.51. The summed E-state index contributed by atoms with van der Waals surface area (Å²) in [4.78, 5) is 27.7. The first-order valence-electron chi connectivity index (χ1n) is 11.3. The highest BCUT2D eigenvalue weighted by molar-refractivity contribution is 7.92. The molecule has 1 atom stereocenters. The molecule has 0 aliphatic heterocycles. The van der Waals surface area contributed by atoms with Gasteiger partial charge in [0.05, 0.1) is 19.1 Å². The molecule has 0 fully saturated rings. The van der Waals surface area contributed by atoms with Gasteiger partial charge in [0.15, 0.2) is 0 Å². The van der Waals surface area contributed by atoms with Crippen molar-refractivity contribution in [2.24, 2.45) is 0 Å². The van der Waals surface area contributed by atoms with E-state index >= 15 is 0 Å². The first-order chi connectivity index (χ1) is 16.1. The Kier molecular flexibility index (Phi) is 9.92. The van der Waals surface area contributed by atoms with Gasteiger partial charge in [0.2, 0.25) is 21.8 Å². The molecule has 2 rings (SSSR count). The van der Waals surface area contributed by atoms with Crippen LogP contribution < -0.4 is 14.4 Å². The molecule has 2 aromatic rings. The SMILES string of the molecule is CCCCNC(=O)C(C)N(Cc1ccc(OC)cc1)C(=O)CN(c1cccc(C)c1)S(C)(=O)=O. The van der Waals surface area contributed by atoms with E-state index in [0.29, 0.717) is 18.0 Å². The first kappa shape index (κ1) is 27.2. The maximum atomic E-state index is 13.5. The molecule has 34 heavy (non-hydrogen) atoms. The number of carbonyl (C=O) groups is 2. The van der Waals surface area contributed by atoms with Gasteiger partial charge in [-0.3, -0.25) is 13.9 Å².